The number of nitrogens with zero attached hydrogens (tertiary/aromatic N) is 2. The summed E-state index contributed by atoms with van der Waals surface area (Å²) >= 11 is 0. The van der Waals surface area contributed by atoms with Gasteiger partial charge in [-0.2, -0.15) is 0 Å². The van der Waals surface area contributed by atoms with Crippen molar-refractivity contribution in [2.75, 3.05) is 18.9 Å². The zero-order chi connectivity index (χ0) is 12.7. The first-order valence-electron chi connectivity index (χ1n) is 5.19. The molecule has 92 valence electrons. The highest BCUT2D eigenvalue weighted by Crippen LogP contribution is 1.99. The Bertz CT molecular complexity index is 390. The van der Waals surface area contributed by atoms with Gasteiger partial charge in [-0.1, -0.05) is 0 Å². The van der Waals surface area contributed by atoms with Crippen LogP contribution in [0.2, 0.25) is 0 Å². The standard InChI is InChI=1S/C10H15N5O2/c1-12-9-6-14-7(5-15-9)10(17)13-4-2-3-8(11)16/h5-6H,2-4H2,1H3,(H2,11,16)(H,12,15)(H,13,17). The average Bonchev–Trinajstić information content (AvgIpc) is 2.34. The highest BCUT2D eigenvalue weighted by molar-refractivity contribution is 5.92. The number of aromatic nitrogens is 2. The molecule has 1 aromatic rings. The molecule has 0 aliphatic carbocycles. The van der Waals surface area contributed by atoms with Crippen LogP contribution in [0.4, 0.5) is 5.82 Å². The molecular weight excluding hydrogens is 222 g/mol. The van der Waals surface area contributed by atoms with Crippen LogP contribution in [0.3, 0.4) is 0 Å². The van der Waals surface area contributed by atoms with Crippen molar-refractivity contribution in [1.29, 1.82) is 0 Å². The van der Waals surface area contributed by atoms with Gasteiger partial charge >= 0.3 is 0 Å². The maximum atomic E-state index is 11.5. The molecule has 0 spiro atoms. The minimum atomic E-state index is -0.377. The second kappa shape index (κ2) is 6.41. The fourth-order valence-corrected chi connectivity index (χ4v) is 1.13. The van der Waals surface area contributed by atoms with Crippen molar-refractivity contribution in [3.63, 3.8) is 0 Å². The zero-order valence-electron chi connectivity index (χ0n) is 9.56. The molecule has 0 bridgehead atoms. The lowest BCUT2D eigenvalue weighted by atomic mass is 10.3. The Morgan fingerprint density at radius 3 is 2.65 bits per heavy atom. The van der Waals surface area contributed by atoms with Crippen molar-refractivity contribution >= 4 is 17.6 Å². The van der Waals surface area contributed by atoms with Crippen molar-refractivity contribution in [1.82, 2.24) is 15.3 Å². The van der Waals surface area contributed by atoms with Crippen LogP contribution in [0.25, 0.3) is 0 Å². The van der Waals surface area contributed by atoms with Gasteiger partial charge in [0.15, 0.2) is 0 Å². The van der Waals surface area contributed by atoms with Crippen molar-refractivity contribution < 1.29 is 9.59 Å². The third-order valence-electron chi connectivity index (χ3n) is 2.03. The molecule has 0 radical (unpaired) electrons. The molecule has 0 saturated heterocycles. The van der Waals surface area contributed by atoms with E-state index in [1.54, 1.807) is 7.05 Å². The van der Waals surface area contributed by atoms with Crippen LogP contribution in [-0.4, -0.2) is 35.4 Å². The molecular formula is C10H15N5O2. The van der Waals surface area contributed by atoms with Crippen LogP contribution < -0.4 is 16.4 Å². The molecule has 1 heterocycles. The zero-order valence-corrected chi connectivity index (χ0v) is 9.56. The number of carbonyl (C=O) groups excluding carboxylic acids is 2. The molecule has 0 aromatic carbocycles. The van der Waals surface area contributed by atoms with Crippen molar-refractivity contribution in [2.45, 2.75) is 12.8 Å². The first kappa shape index (κ1) is 12.9. The summed E-state index contributed by atoms with van der Waals surface area (Å²) in [5.41, 5.74) is 5.21. The van der Waals surface area contributed by atoms with E-state index >= 15 is 0 Å². The van der Waals surface area contributed by atoms with Gasteiger partial charge in [-0.3, -0.25) is 9.59 Å². The van der Waals surface area contributed by atoms with E-state index < -0.39 is 0 Å². The minimum absolute atomic E-state index is 0.239. The number of nitrogens with one attached hydrogen (secondary N) is 2. The maximum absolute atomic E-state index is 11.5. The highest BCUT2D eigenvalue weighted by atomic mass is 16.2. The number of hydrogen-bond donors (Lipinski definition) is 3. The molecule has 7 nitrogen and oxygen atoms in total. The number of amides is 2. The van der Waals surface area contributed by atoms with Gasteiger partial charge in [-0.05, 0) is 6.42 Å². The molecule has 7 heteroatoms. The van der Waals surface area contributed by atoms with E-state index in [4.69, 9.17) is 5.73 Å². The summed E-state index contributed by atoms with van der Waals surface area (Å²) < 4.78 is 0. The van der Waals surface area contributed by atoms with Crippen LogP contribution >= 0.6 is 0 Å². The fraction of sp³-hybridized carbons (Fsp3) is 0.400. The van der Waals surface area contributed by atoms with E-state index in [-0.39, 0.29) is 23.9 Å². The monoisotopic (exact) mass is 237 g/mol. The third kappa shape index (κ3) is 4.45. The lowest BCUT2D eigenvalue weighted by Crippen LogP contribution is -2.26. The number of rotatable bonds is 6. The van der Waals surface area contributed by atoms with E-state index in [2.05, 4.69) is 20.6 Å². The third-order valence-corrected chi connectivity index (χ3v) is 2.03. The molecule has 2 amide bonds. The summed E-state index contributed by atoms with van der Waals surface area (Å²) in [6.07, 6.45) is 3.63. The second-order valence-corrected chi connectivity index (χ2v) is 3.36. The Balaban J connectivity index is 2.38. The topological polar surface area (TPSA) is 110 Å². The van der Waals surface area contributed by atoms with Crippen molar-refractivity contribution in [3.8, 4) is 0 Å². The molecule has 1 rings (SSSR count). The average molecular weight is 237 g/mol. The number of nitrogens with two attached hydrogens (primary N) is 1. The normalized spacial score (nSPS) is 9.71. The van der Waals surface area contributed by atoms with Crippen LogP contribution in [0.5, 0.6) is 0 Å². The molecule has 1 aromatic heterocycles. The van der Waals surface area contributed by atoms with E-state index in [9.17, 15) is 9.59 Å². The Morgan fingerprint density at radius 2 is 2.12 bits per heavy atom. The quantitative estimate of drug-likeness (QED) is 0.578. The predicted molar refractivity (Wildman–Crippen MR) is 62.3 cm³/mol. The first-order chi connectivity index (χ1) is 8.13. The molecule has 0 saturated carbocycles. The smallest absolute Gasteiger partial charge is 0.271 e. The summed E-state index contributed by atoms with van der Waals surface area (Å²) in [7, 11) is 1.72. The van der Waals surface area contributed by atoms with Crippen molar-refractivity contribution in [3.05, 3.63) is 18.1 Å². The van der Waals surface area contributed by atoms with Gasteiger partial charge in [0, 0.05) is 20.0 Å². The molecule has 0 atom stereocenters. The van der Waals surface area contributed by atoms with E-state index in [0.717, 1.165) is 0 Å². The Labute approximate surface area is 98.8 Å². The molecule has 17 heavy (non-hydrogen) atoms. The maximum Gasteiger partial charge on any atom is 0.271 e. The summed E-state index contributed by atoms with van der Waals surface area (Å²) in [5.74, 6) is -0.0997. The summed E-state index contributed by atoms with van der Waals surface area (Å²) in [6, 6.07) is 0. The lowest BCUT2D eigenvalue weighted by molar-refractivity contribution is -0.118. The van der Waals surface area contributed by atoms with Crippen LogP contribution in [0, 0.1) is 0 Å². The van der Waals surface area contributed by atoms with Crippen LogP contribution in [0.1, 0.15) is 23.3 Å². The molecule has 4 N–H and O–H groups in total. The summed E-state index contributed by atoms with van der Waals surface area (Å²) in [4.78, 5) is 29.9. The van der Waals surface area contributed by atoms with E-state index in [0.29, 0.717) is 18.8 Å². The van der Waals surface area contributed by atoms with Crippen LogP contribution in [-0.2, 0) is 4.79 Å². The van der Waals surface area contributed by atoms with Gasteiger partial charge in [0.1, 0.15) is 11.5 Å². The van der Waals surface area contributed by atoms with Gasteiger partial charge < -0.3 is 16.4 Å². The molecule has 0 fully saturated rings. The SMILES string of the molecule is CNc1cnc(C(=O)NCCCC(N)=O)cn1. The summed E-state index contributed by atoms with van der Waals surface area (Å²) in [5, 5.41) is 5.42. The highest BCUT2D eigenvalue weighted by Gasteiger charge is 2.06. The molecule has 0 aliphatic heterocycles. The van der Waals surface area contributed by atoms with Gasteiger partial charge in [0.25, 0.3) is 5.91 Å². The van der Waals surface area contributed by atoms with E-state index in [1.165, 1.54) is 12.4 Å². The Kier molecular flexibility index (Phi) is 4.86. The summed E-state index contributed by atoms with van der Waals surface area (Å²) in [6.45, 7) is 0.386. The number of primary amides is 1. The minimum Gasteiger partial charge on any atom is -0.372 e. The molecule has 0 unspecified atom stereocenters. The van der Waals surface area contributed by atoms with Gasteiger partial charge in [0.2, 0.25) is 5.91 Å². The van der Waals surface area contributed by atoms with Gasteiger partial charge in [-0.25, -0.2) is 9.97 Å². The predicted octanol–water partition coefficient (Wildman–Crippen LogP) is -0.486. The van der Waals surface area contributed by atoms with E-state index in [1.807, 2.05) is 0 Å². The van der Waals surface area contributed by atoms with Gasteiger partial charge in [0.05, 0.1) is 12.4 Å². The first-order valence-corrected chi connectivity index (χ1v) is 5.19. The lowest BCUT2D eigenvalue weighted by Gasteiger charge is -2.04. The molecule has 0 aliphatic rings. The number of carbonyl (C=O) groups is 2. The number of anilines is 1. The van der Waals surface area contributed by atoms with Crippen molar-refractivity contribution in [2.24, 2.45) is 5.73 Å². The fourth-order valence-electron chi connectivity index (χ4n) is 1.13. The van der Waals surface area contributed by atoms with Gasteiger partial charge in [-0.15, -0.1) is 0 Å². The van der Waals surface area contributed by atoms with Crippen LogP contribution in [0.15, 0.2) is 12.4 Å². The second-order valence-electron chi connectivity index (χ2n) is 3.36. The Morgan fingerprint density at radius 1 is 1.35 bits per heavy atom. The Hall–Kier alpha value is -2.18. The largest absolute Gasteiger partial charge is 0.372 e. The number of hydrogen-bond acceptors (Lipinski definition) is 5.